The minimum atomic E-state index is 0.0547. The number of hydrogen-bond acceptors (Lipinski definition) is 2. The monoisotopic (exact) mass is 337 g/mol. The number of aryl methyl sites for hydroxylation is 2. The van der Waals surface area contributed by atoms with Crippen LogP contribution in [0.1, 0.15) is 30.5 Å². The lowest BCUT2D eigenvalue weighted by molar-refractivity contribution is 0.240. The fourth-order valence-corrected chi connectivity index (χ4v) is 2.74. The Bertz CT molecular complexity index is 668. The van der Waals surface area contributed by atoms with E-state index in [1.54, 1.807) is 6.07 Å². The van der Waals surface area contributed by atoms with E-state index in [9.17, 15) is 0 Å². The van der Waals surface area contributed by atoms with Gasteiger partial charge in [0.1, 0.15) is 5.75 Å². The van der Waals surface area contributed by atoms with Crippen molar-refractivity contribution in [1.29, 1.82) is 0 Å². The molecule has 22 heavy (non-hydrogen) atoms. The van der Waals surface area contributed by atoms with Gasteiger partial charge in [-0.2, -0.15) is 0 Å². The van der Waals surface area contributed by atoms with E-state index in [0.717, 1.165) is 11.3 Å². The summed E-state index contributed by atoms with van der Waals surface area (Å²) in [6.45, 7) is 8.76. The third-order valence-corrected chi connectivity index (χ3v) is 3.93. The Kier molecular flexibility index (Phi) is 5.60. The molecule has 0 amide bonds. The average Bonchev–Trinajstić information content (AvgIpc) is 2.43. The molecule has 4 heteroatoms. The zero-order valence-corrected chi connectivity index (χ0v) is 14.8. The highest BCUT2D eigenvalue weighted by molar-refractivity contribution is 6.35. The van der Waals surface area contributed by atoms with Crippen molar-refractivity contribution in [1.82, 2.24) is 0 Å². The van der Waals surface area contributed by atoms with Crippen LogP contribution in [0.3, 0.4) is 0 Å². The van der Waals surface area contributed by atoms with Crippen LogP contribution in [0, 0.1) is 13.8 Å². The van der Waals surface area contributed by atoms with Crippen molar-refractivity contribution < 1.29 is 4.74 Å². The maximum Gasteiger partial charge on any atom is 0.143 e. The first-order valence-corrected chi connectivity index (χ1v) is 8.08. The summed E-state index contributed by atoms with van der Waals surface area (Å²) >= 11 is 12.4. The highest BCUT2D eigenvalue weighted by Crippen LogP contribution is 2.33. The van der Waals surface area contributed by atoms with Gasteiger partial charge in [-0.1, -0.05) is 29.3 Å². The smallest absolute Gasteiger partial charge is 0.143 e. The van der Waals surface area contributed by atoms with Gasteiger partial charge in [0, 0.05) is 22.8 Å². The highest BCUT2D eigenvalue weighted by Gasteiger charge is 2.12. The molecule has 0 radical (unpaired) electrons. The number of halogens is 2. The Morgan fingerprint density at radius 2 is 1.77 bits per heavy atom. The van der Waals surface area contributed by atoms with Crippen LogP contribution >= 0.6 is 23.2 Å². The number of anilines is 1. The van der Waals surface area contributed by atoms with Gasteiger partial charge in [-0.05, 0) is 63.1 Å². The number of ether oxygens (including phenoxy) is 1. The Hall–Kier alpha value is -1.38. The predicted octanol–water partition coefficient (Wildman–Crippen LogP) is 6.01. The molecule has 2 nitrogen and oxygen atoms in total. The Morgan fingerprint density at radius 3 is 2.41 bits per heavy atom. The van der Waals surface area contributed by atoms with Crippen molar-refractivity contribution in [3.8, 4) is 5.75 Å². The van der Waals surface area contributed by atoms with Gasteiger partial charge >= 0.3 is 0 Å². The lowest BCUT2D eigenvalue weighted by atomic mass is 10.1. The van der Waals surface area contributed by atoms with Gasteiger partial charge < -0.3 is 10.1 Å². The van der Waals surface area contributed by atoms with Crippen molar-refractivity contribution >= 4 is 28.9 Å². The summed E-state index contributed by atoms with van der Waals surface area (Å²) in [5, 5.41) is 4.55. The Labute approximate surface area is 142 Å². The molecule has 0 fully saturated rings. The Morgan fingerprint density at radius 1 is 1.05 bits per heavy atom. The molecule has 1 N–H and O–H groups in total. The first kappa shape index (κ1) is 17.0. The second-order valence-electron chi connectivity index (χ2n) is 5.70. The third kappa shape index (κ3) is 4.31. The molecule has 2 aromatic rings. The summed E-state index contributed by atoms with van der Waals surface area (Å²) in [7, 11) is 0. The van der Waals surface area contributed by atoms with Crippen LogP contribution in [0.25, 0.3) is 0 Å². The SMILES string of the molecule is Cc1ccc(NCc2cc(Cl)cc(Cl)c2OC(C)C)cc1C. The molecular formula is C18H21Cl2NO. The lowest BCUT2D eigenvalue weighted by Gasteiger charge is -2.17. The molecule has 0 saturated carbocycles. The van der Waals surface area contributed by atoms with Crippen molar-refractivity contribution in [2.24, 2.45) is 0 Å². The van der Waals surface area contributed by atoms with Crippen molar-refractivity contribution in [2.45, 2.75) is 40.3 Å². The minimum Gasteiger partial charge on any atom is -0.489 e. The molecule has 0 saturated heterocycles. The third-order valence-electron chi connectivity index (χ3n) is 3.43. The molecule has 0 atom stereocenters. The fraction of sp³-hybridized carbons (Fsp3) is 0.333. The van der Waals surface area contributed by atoms with E-state index in [1.165, 1.54) is 11.1 Å². The van der Waals surface area contributed by atoms with Gasteiger partial charge in [-0.3, -0.25) is 0 Å². The molecule has 0 spiro atoms. The second kappa shape index (κ2) is 7.26. The standard InChI is InChI=1S/C18H21Cl2NO/c1-11(2)22-18-14(8-15(19)9-17(18)20)10-21-16-6-5-12(3)13(4)7-16/h5-9,11,21H,10H2,1-4H3. The van der Waals surface area contributed by atoms with Gasteiger partial charge in [0.05, 0.1) is 11.1 Å². The zero-order valence-electron chi connectivity index (χ0n) is 13.3. The molecular weight excluding hydrogens is 317 g/mol. The molecule has 0 aromatic heterocycles. The number of nitrogens with one attached hydrogen (secondary N) is 1. The molecule has 0 bridgehead atoms. The van der Waals surface area contributed by atoms with Gasteiger partial charge in [-0.15, -0.1) is 0 Å². The first-order valence-electron chi connectivity index (χ1n) is 7.32. The lowest BCUT2D eigenvalue weighted by Crippen LogP contribution is -2.10. The van der Waals surface area contributed by atoms with E-state index in [0.29, 0.717) is 22.3 Å². The minimum absolute atomic E-state index is 0.0547. The topological polar surface area (TPSA) is 21.3 Å². The summed E-state index contributed by atoms with van der Waals surface area (Å²) in [5.74, 6) is 0.692. The molecule has 2 aromatic carbocycles. The van der Waals surface area contributed by atoms with Crippen LogP contribution in [0.5, 0.6) is 5.75 Å². The molecule has 0 heterocycles. The van der Waals surface area contributed by atoms with E-state index in [2.05, 4.69) is 37.4 Å². The number of rotatable bonds is 5. The molecule has 2 rings (SSSR count). The number of hydrogen-bond donors (Lipinski definition) is 1. The summed E-state index contributed by atoms with van der Waals surface area (Å²) in [5.41, 5.74) is 4.55. The average molecular weight is 338 g/mol. The van der Waals surface area contributed by atoms with Gasteiger partial charge in [0.15, 0.2) is 0 Å². The van der Waals surface area contributed by atoms with Gasteiger partial charge in [0.25, 0.3) is 0 Å². The van der Waals surface area contributed by atoms with Crippen LogP contribution < -0.4 is 10.1 Å². The van der Waals surface area contributed by atoms with Crippen LogP contribution in [0.15, 0.2) is 30.3 Å². The van der Waals surface area contributed by atoms with Gasteiger partial charge in [0.2, 0.25) is 0 Å². The fourth-order valence-electron chi connectivity index (χ4n) is 2.16. The largest absolute Gasteiger partial charge is 0.489 e. The van der Waals surface area contributed by atoms with E-state index in [1.807, 2.05) is 19.9 Å². The molecule has 0 aliphatic heterocycles. The zero-order chi connectivity index (χ0) is 16.3. The molecule has 0 aliphatic rings. The van der Waals surface area contributed by atoms with Crippen molar-refractivity contribution in [2.75, 3.05) is 5.32 Å². The maximum atomic E-state index is 6.27. The maximum absolute atomic E-state index is 6.27. The van der Waals surface area contributed by atoms with Crippen LogP contribution in [-0.2, 0) is 6.54 Å². The second-order valence-corrected chi connectivity index (χ2v) is 6.54. The van der Waals surface area contributed by atoms with E-state index >= 15 is 0 Å². The van der Waals surface area contributed by atoms with E-state index in [-0.39, 0.29) is 6.10 Å². The Balaban J connectivity index is 2.22. The molecule has 118 valence electrons. The van der Waals surface area contributed by atoms with Crippen molar-refractivity contribution in [3.63, 3.8) is 0 Å². The highest BCUT2D eigenvalue weighted by atomic mass is 35.5. The summed E-state index contributed by atoms with van der Waals surface area (Å²) in [4.78, 5) is 0. The summed E-state index contributed by atoms with van der Waals surface area (Å²) in [6.07, 6.45) is 0.0547. The van der Waals surface area contributed by atoms with E-state index < -0.39 is 0 Å². The van der Waals surface area contributed by atoms with Crippen molar-refractivity contribution in [3.05, 3.63) is 57.1 Å². The normalized spacial score (nSPS) is 10.9. The van der Waals surface area contributed by atoms with Crippen LogP contribution in [0.2, 0.25) is 10.0 Å². The van der Waals surface area contributed by atoms with E-state index in [4.69, 9.17) is 27.9 Å². The van der Waals surface area contributed by atoms with Gasteiger partial charge in [-0.25, -0.2) is 0 Å². The number of benzene rings is 2. The quantitative estimate of drug-likeness (QED) is 0.721. The van der Waals surface area contributed by atoms with Crippen LogP contribution in [-0.4, -0.2) is 6.10 Å². The predicted molar refractivity (Wildman–Crippen MR) is 95.5 cm³/mol. The van der Waals surface area contributed by atoms with Crippen LogP contribution in [0.4, 0.5) is 5.69 Å². The molecule has 0 unspecified atom stereocenters. The molecule has 0 aliphatic carbocycles. The summed E-state index contributed by atoms with van der Waals surface area (Å²) in [6, 6.07) is 9.90. The first-order chi connectivity index (χ1) is 10.4. The summed E-state index contributed by atoms with van der Waals surface area (Å²) < 4.78 is 5.83.